The summed E-state index contributed by atoms with van der Waals surface area (Å²) in [6, 6.07) is 18.5. The van der Waals surface area contributed by atoms with Crippen LogP contribution in [0.1, 0.15) is 40.0 Å². The monoisotopic (exact) mass is 389 g/mol. The summed E-state index contributed by atoms with van der Waals surface area (Å²) >= 11 is 0. The Morgan fingerprint density at radius 3 is 1.52 bits per heavy atom. The lowest BCUT2D eigenvalue weighted by molar-refractivity contribution is 0.0944. The van der Waals surface area contributed by atoms with Gasteiger partial charge in [0.2, 0.25) is 0 Å². The summed E-state index contributed by atoms with van der Waals surface area (Å²) in [5, 5.41) is 9.19. The van der Waals surface area contributed by atoms with Gasteiger partial charge in [-0.25, -0.2) is 0 Å². The van der Waals surface area contributed by atoms with E-state index in [-0.39, 0.29) is 24.2 Å². The molecule has 0 aliphatic carbocycles. The predicted octanol–water partition coefficient (Wildman–Crippen LogP) is 3.03. The third-order valence-corrected chi connectivity index (χ3v) is 3.95. The van der Waals surface area contributed by atoms with E-state index >= 15 is 0 Å². The number of unbranched alkanes of at least 4 members (excludes halogenated alkanes) is 1. The van der Waals surface area contributed by atoms with Crippen LogP contribution in [0.2, 0.25) is 0 Å². The Morgan fingerprint density at radius 2 is 1.00 bits per heavy atom. The van der Waals surface area contributed by atoms with Gasteiger partial charge in [-0.1, -0.05) is 36.4 Å². The second-order valence-electron chi connectivity index (χ2n) is 6.05. The van der Waals surface area contributed by atoms with Gasteiger partial charge >= 0.3 is 0 Å². The van der Waals surface area contributed by atoms with Gasteiger partial charge in [-0.2, -0.15) is 0 Å². The van der Waals surface area contributed by atoms with Gasteiger partial charge in [-0.15, -0.1) is 12.4 Å². The molecule has 146 valence electrons. The smallest absolute Gasteiger partial charge is 0.251 e. The SMILES string of the molecule is Cl.O=C(NCCCCNCCCNC(=O)c1ccccc1)c1ccccc1. The molecule has 5 nitrogen and oxygen atoms in total. The summed E-state index contributed by atoms with van der Waals surface area (Å²) in [4.78, 5) is 23.7. The largest absolute Gasteiger partial charge is 0.352 e. The van der Waals surface area contributed by atoms with E-state index in [1.54, 1.807) is 0 Å². The van der Waals surface area contributed by atoms with E-state index in [9.17, 15) is 9.59 Å². The first-order chi connectivity index (χ1) is 12.8. The van der Waals surface area contributed by atoms with Crippen LogP contribution in [0, 0.1) is 0 Å². The zero-order valence-corrected chi connectivity index (χ0v) is 16.3. The summed E-state index contributed by atoms with van der Waals surface area (Å²) in [6.45, 7) is 3.12. The molecule has 0 saturated carbocycles. The van der Waals surface area contributed by atoms with Crippen molar-refractivity contribution >= 4 is 24.2 Å². The molecule has 0 aliphatic heterocycles. The summed E-state index contributed by atoms with van der Waals surface area (Å²) in [5.74, 6) is -0.0486. The Hall–Kier alpha value is -2.37. The van der Waals surface area contributed by atoms with Crippen molar-refractivity contribution in [2.45, 2.75) is 19.3 Å². The van der Waals surface area contributed by atoms with Crippen LogP contribution in [0.25, 0.3) is 0 Å². The predicted molar refractivity (Wildman–Crippen MR) is 112 cm³/mol. The van der Waals surface area contributed by atoms with Crippen molar-refractivity contribution in [2.24, 2.45) is 0 Å². The van der Waals surface area contributed by atoms with E-state index in [1.165, 1.54) is 0 Å². The van der Waals surface area contributed by atoms with Gasteiger partial charge < -0.3 is 16.0 Å². The average Bonchev–Trinajstić information content (AvgIpc) is 2.70. The van der Waals surface area contributed by atoms with E-state index in [0.717, 1.165) is 32.4 Å². The fraction of sp³-hybridized carbons (Fsp3) is 0.333. The molecule has 0 radical (unpaired) electrons. The van der Waals surface area contributed by atoms with Crippen LogP contribution >= 0.6 is 12.4 Å². The van der Waals surface area contributed by atoms with Crippen LogP contribution in [0.5, 0.6) is 0 Å². The average molecular weight is 390 g/mol. The number of nitrogens with one attached hydrogen (secondary N) is 3. The van der Waals surface area contributed by atoms with Crippen molar-refractivity contribution in [1.29, 1.82) is 0 Å². The van der Waals surface area contributed by atoms with Crippen molar-refractivity contribution in [3.05, 3.63) is 71.8 Å². The van der Waals surface area contributed by atoms with E-state index in [4.69, 9.17) is 0 Å². The Bertz CT molecular complexity index is 606. The van der Waals surface area contributed by atoms with Crippen LogP contribution in [0.3, 0.4) is 0 Å². The Morgan fingerprint density at radius 1 is 0.593 bits per heavy atom. The Kier molecular flexibility index (Phi) is 11.6. The van der Waals surface area contributed by atoms with Crippen LogP contribution in [0.4, 0.5) is 0 Å². The number of carbonyl (C=O) groups excluding carboxylic acids is 2. The van der Waals surface area contributed by atoms with Crippen LogP contribution in [-0.2, 0) is 0 Å². The molecule has 0 atom stereocenters. The van der Waals surface area contributed by atoms with Gasteiger partial charge in [0.05, 0.1) is 0 Å². The molecule has 2 aromatic rings. The molecule has 27 heavy (non-hydrogen) atoms. The minimum absolute atomic E-state index is 0. The quantitative estimate of drug-likeness (QED) is 0.517. The number of rotatable bonds is 11. The highest BCUT2D eigenvalue weighted by atomic mass is 35.5. The number of benzene rings is 2. The van der Waals surface area contributed by atoms with Gasteiger partial charge in [0.25, 0.3) is 11.8 Å². The van der Waals surface area contributed by atoms with E-state index in [1.807, 2.05) is 60.7 Å². The van der Waals surface area contributed by atoms with E-state index < -0.39 is 0 Å². The first-order valence-corrected chi connectivity index (χ1v) is 9.14. The second-order valence-corrected chi connectivity index (χ2v) is 6.05. The number of halogens is 1. The molecule has 2 amide bonds. The molecule has 0 aromatic heterocycles. The summed E-state index contributed by atoms with van der Waals surface area (Å²) in [7, 11) is 0. The first-order valence-electron chi connectivity index (χ1n) is 9.14. The molecule has 0 aliphatic rings. The minimum atomic E-state index is -0.0280. The van der Waals surface area contributed by atoms with Crippen molar-refractivity contribution < 1.29 is 9.59 Å². The molecule has 6 heteroatoms. The van der Waals surface area contributed by atoms with Crippen LogP contribution in [-0.4, -0.2) is 38.0 Å². The third-order valence-electron chi connectivity index (χ3n) is 3.95. The zero-order valence-electron chi connectivity index (χ0n) is 15.4. The number of amides is 2. The summed E-state index contributed by atoms with van der Waals surface area (Å²) in [5.41, 5.74) is 1.39. The number of carbonyl (C=O) groups is 2. The van der Waals surface area contributed by atoms with Gasteiger partial charge in [-0.05, 0) is 56.6 Å². The number of hydrogen-bond donors (Lipinski definition) is 3. The normalized spacial score (nSPS) is 9.93. The maximum Gasteiger partial charge on any atom is 0.251 e. The van der Waals surface area contributed by atoms with Gasteiger partial charge in [0, 0.05) is 24.2 Å². The second kappa shape index (κ2) is 13.8. The fourth-order valence-corrected chi connectivity index (χ4v) is 2.50. The molecule has 0 heterocycles. The molecular weight excluding hydrogens is 362 g/mol. The first kappa shape index (κ1) is 22.7. The molecule has 0 spiro atoms. The van der Waals surface area contributed by atoms with Crippen molar-refractivity contribution in [2.75, 3.05) is 26.2 Å². The highest BCUT2D eigenvalue weighted by Crippen LogP contribution is 1.98. The highest BCUT2D eigenvalue weighted by molar-refractivity contribution is 5.94. The van der Waals surface area contributed by atoms with Gasteiger partial charge in [0.15, 0.2) is 0 Å². The molecule has 2 aromatic carbocycles. The lowest BCUT2D eigenvalue weighted by Gasteiger charge is -2.07. The third kappa shape index (κ3) is 9.22. The molecule has 2 rings (SSSR count). The maximum atomic E-state index is 11.8. The number of hydrogen-bond acceptors (Lipinski definition) is 3. The Labute approximate surface area is 167 Å². The zero-order chi connectivity index (χ0) is 18.5. The molecule has 0 bridgehead atoms. The van der Waals surface area contributed by atoms with E-state index in [2.05, 4.69) is 16.0 Å². The summed E-state index contributed by atoms with van der Waals surface area (Å²) in [6.07, 6.45) is 2.84. The molecule has 0 fully saturated rings. The highest BCUT2D eigenvalue weighted by Gasteiger charge is 2.03. The molecule has 3 N–H and O–H groups in total. The molecule has 0 saturated heterocycles. The minimum Gasteiger partial charge on any atom is -0.352 e. The van der Waals surface area contributed by atoms with Crippen molar-refractivity contribution in [1.82, 2.24) is 16.0 Å². The summed E-state index contributed by atoms with van der Waals surface area (Å²) < 4.78 is 0. The van der Waals surface area contributed by atoms with Gasteiger partial charge in [-0.3, -0.25) is 9.59 Å². The maximum absolute atomic E-state index is 11.8. The van der Waals surface area contributed by atoms with Crippen molar-refractivity contribution in [3.63, 3.8) is 0 Å². The molecule has 0 unspecified atom stereocenters. The lowest BCUT2D eigenvalue weighted by atomic mass is 10.2. The Balaban J connectivity index is 0.00000364. The lowest BCUT2D eigenvalue weighted by Crippen LogP contribution is -2.28. The fourth-order valence-electron chi connectivity index (χ4n) is 2.50. The molecular formula is C21H28ClN3O2. The van der Waals surface area contributed by atoms with Crippen molar-refractivity contribution in [3.8, 4) is 0 Å². The van der Waals surface area contributed by atoms with Crippen LogP contribution < -0.4 is 16.0 Å². The standard InChI is InChI=1S/C21H27N3O2.ClH/c25-20(18-10-3-1-4-11-18)23-16-8-7-14-22-15-9-17-24-21(26)19-12-5-2-6-13-19;/h1-6,10-13,22H,7-9,14-17H2,(H,23,25)(H,24,26);1H. The topological polar surface area (TPSA) is 70.2 Å². The van der Waals surface area contributed by atoms with Gasteiger partial charge in [0.1, 0.15) is 0 Å². The van der Waals surface area contributed by atoms with E-state index in [0.29, 0.717) is 24.2 Å². The van der Waals surface area contributed by atoms with Crippen LogP contribution in [0.15, 0.2) is 60.7 Å².